The fourth-order valence-corrected chi connectivity index (χ4v) is 8.04. The predicted octanol–water partition coefficient (Wildman–Crippen LogP) is -5.80. The average molecular weight is 1090 g/mol. The van der Waals surface area contributed by atoms with E-state index in [0.717, 1.165) is 0 Å². The van der Waals surface area contributed by atoms with E-state index in [0.29, 0.717) is 38.6 Å². The molecule has 0 aromatic heterocycles. The second kappa shape index (κ2) is 33.7. The van der Waals surface area contributed by atoms with E-state index >= 15 is 0 Å². The molecule has 1 heterocycles. The van der Waals surface area contributed by atoms with Gasteiger partial charge < -0.3 is 85.7 Å². The van der Waals surface area contributed by atoms with Crippen LogP contribution >= 0.6 is 12.6 Å². The highest BCUT2D eigenvalue weighted by atomic mass is 32.1. The lowest BCUT2D eigenvalue weighted by Gasteiger charge is -2.31. The van der Waals surface area contributed by atoms with Gasteiger partial charge in [-0.2, -0.15) is 12.6 Å². The highest BCUT2D eigenvalue weighted by Crippen LogP contribution is 2.21. The molecule has 1 aliphatic heterocycles. The van der Waals surface area contributed by atoms with Crippen LogP contribution in [0.1, 0.15) is 106 Å². The second-order valence-electron chi connectivity index (χ2n) is 19.2. The minimum atomic E-state index is -1.81. The van der Waals surface area contributed by atoms with Gasteiger partial charge in [0.05, 0.1) is 25.7 Å². The Morgan fingerprint density at radius 1 is 0.627 bits per heavy atom. The highest BCUT2D eigenvalue weighted by molar-refractivity contribution is 7.80. The van der Waals surface area contributed by atoms with Crippen LogP contribution in [0.5, 0.6) is 0 Å². The predicted molar refractivity (Wildman–Crippen MR) is 273 cm³/mol. The van der Waals surface area contributed by atoms with Crippen molar-refractivity contribution in [3.63, 3.8) is 0 Å². The van der Waals surface area contributed by atoms with Crippen LogP contribution in [0.25, 0.3) is 0 Å². The molecule has 1 fully saturated rings. The maximum absolute atomic E-state index is 14.0. The maximum atomic E-state index is 14.0. The molecule has 0 radical (unpaired) electrons. The van der Waals surface area contributed by atoms with Gasteiger partial charge in [-0.15, -0.1) is 0 Å². The second-order valence-corrected chi connectivity index (χ2v) is 19.6. The van der Waals surface area contributed by atoms with Gasteiger partial charge in [0.15, 0.2) is 0 Å². The number of carboxylic acid groups (broad SMARTS) is 1. The van der Waals surface area contributed by atoms with Crippen LogP contribution in [-0.4, -0.2) is 184 Å². The number of primary amides is 2. The van der Waals surface area contributed by atoms with Crippen LogP contribution in [0.4, 0.5) is 0 Å². The molecule has 75 heavy (non-hydrogen) atoms. The number of aliphatic carboxylic acids is 1. The van der Waals surface area contributed by atoms with Crippen molar-refractivity contribution in [1.82, 2.24) is 47.4 Å². The van der Waals surface area contributed by atoms with E-state index < -0.39 is 176 Å². The van der Waals surface area contributed by atoms with Gasteiger partial charge in [-0.05, 0) is 69.2 Å². The van der Waals surface area contributed by atoms with Gasteiger partial charge in [-0.3, -0.25) is 52.7 Å². The summed E-state index contributed by atoms with van der Waals surface area (Å²) >= 11 is 3.97. The third kappa shape index (κ3) is 22.7. The minimum absolute atomic E-state index is 0.128. The first-order valence-electron chi connectivity index (χ1n) is 25.0. The van der Waals surface area contributed by atoms with Gasteiger partial charge in [0.1, 0.15) is 54.4 Å². The lowest BCUT2D eigenvalue weighted by Crippen LogP contribution is -2.62. The summed E-state index contributed by atoms with van der Waals surface area (Å²) in [6, 6.07) is -14.3. The largest absolute Gasteiger partial charge is 0.480 e. The number of unbranched alkanes of at least 4 members (excludes halogenated alkanes) is 1. The Morgan fingerprint density at radius 3 is 1.61 bits per heavy atom. The number of nitrogens with two attached hydrogens (primary N) is 4. The number of carboxylic acids is 1. The van der Waals surface area contributed by atoms with E-state index in [1.54, 1.807) is 27.7 Å². The molecule has 11 amide bonds. The number of hydrogen-bond donors (Lipinski definition) is 16. The molecule has 0 spiro atoms. The molecule has 0 aromatic carbocycles. The summed E-state index contributed by atoms with van der Waals surface area (Å²) in [7, 11) is 0. The van der Waals surface area contributed by atoms with Gasteiger partial charge in [0.2, 0.25) is 65.0 Å². The Hall–Kier alpha value is -6.17. The number of hydrogen-bond acceptors (Lipinski definition) is 17. The van der Waals surface area contributed by atoms with E-state index in [-0.39, 0.29) is 31.2 Å². The molecule has 28 nitrogen and oxygen atoms in total. The molecule has 426 valence electrons. The topological polar surface area (TPSA) is 469 Å². The summed E-state index contributed by atoms with van der Waals surface area (Å²) in [5, 5.41) is 47.5. The number of nitrogens with zero attached hydrogens (tertiary/aromatic N) is 1. The van der Waals surface area contributed by atoms with Crippen LogP contribution < -0.4 is 65.5 Å². The molecule has 11 atom stereocenters. The smallest absolute Gasteiger partial charge is 0.328 e. The molecule has 0 aliphatic carbocycles. The number of likely N-dealkylation sites (tertiary alicyclic amines) is 1. The van der Waals surface area contributed by atoms with E-state index in [2.05, 4.69) is 49.8 Å². The van der Waals surface area contributed by atoms with Crippen LogP contribution in [0.3, 0.4) is 0 Å². The van der Waals surface area contributed by atoms with Crippen LogP contribution in [0.2, 0.25) is 0 Å². The average Bonchev–Trinajstić information content (AvgIpc) is 3.84. The normalized spacial score (nSPS) is 17.3. The number of aliphatic hydroxyl groups excluding tert-OH is 2. The van der Waals surface area contributed by atoms with E-state index in [9.17, 15) is 67.7 Å². The Labute approximate surface area is 441 Å². The molecular weight excluding hydrogens is 1010 g/mol. The fraction of sp³-hybridized carbons (Fsp3) is 0.739. The zero-order valence-corrected chi connectivity index (χ0v) is 44.5. The third-order valence-corrected chi connectivity index (χ3v) is 12.6. The SMILES string of the molecule is CC[C@H](C)[C@H](NC(=O)[C@@H]1CCCN1C(=O)[C@@H](N)CC(C)C)C(=O)N[C@H](C(=O)N[C@@H](CC(N)=O)C(=O)N[C@@H](CCCCN)C(=O)N[C@@H](CCC(N)=O)C(=O)N[C@@H](CO)C(=O)N[C@@H](CS)C(=O)N[C@@H](CO)C(=O)O)C(C)C. The molecule has 29 heteroatoms. The summed E-state index contributed by atoms with van der Waals surface area (Å²) in [6.45, 7) is 8.89. The molecular formula is C46H81N13O15S. The summed E-state index contributed by atoms with van der Waals surface area (Å²) < 4.78 is 0. The summed E-state index contributed by atoms with van der Waals surface area (Å²) in [6.07, 6.45) is 0.291. The number of thiol groups is 1. The lowest BCUT2D eigenvalue weighted by molar-refractivity contribution is -0.143. The molecule has 1 rings (SSSR count). The monoisotopic (exact) mass is 1090 g/mol. The first-order valence-corrected chi connectivity index (χ1v) is 25.6. The Kier molecular flexibility index (Phi) is 30.0. The molecule has 0 bridgehead atoms. The number of carbonyl (C=O) groups excluding carboxylic acids is 11. The number of rotatable bonds is 35. The van der Waals surface area contributed by atoms with Crippen molar-refractivity contribution in [3.8, 4) is 0 Å². The highest BCUT2D eigenvalue weighted by Gasteiger charge is 2.40. The lowest BCUT2D eigenvalue weighted by atomic mass is 9.95. The van der Waals surface area contributed by atoms with Crippen molar-refractivity contribution >= 4 is 83.6 Å². The van der Waals surface area contributed by atoms with Gasteiger partial charge in [0.25, 0.3) is 0 Å². The Bertz CT molecular complexity index is 2000. The summed E-state index contributed by atoms with van der Waals surface area (Å²) in [4.78, 5) is 159. The van der Waals surface area contributed by atoms with Crippen LogP contribution in [0.15, 0.2) is 0 Å². The third-order valence-electron chi connectivity index (χ3n) is 12.3. The van der Waals surface area contributed by atoms with Crippen LogP contribution in [-0.2, 0) is 57.5 Å². The minimum Gasteiger partial charge on any atom is -0.480 e. The molecule has 1 saturated heterocycles. The standard InChI is InChI=1S/C46H81N13O15S/c1-7-24(6)36(58-42(69)32-12-10-16-59(32)45(72)25(48)17-22(2)3)44(71)57-35(23(4)5)43(70)53-28(18-34(50)63)39(66)51-26(11-8-9-15-47)37(64)52-27(13-14-33(49)62)38(65)54-29(19-60)40(67)56-31(21-75)41(68)55-30(20-61)46(73)74/h22-32,35-36,60-61,75H,7-21,47-48H2,1-6H3,(H2,49,62)(H2,50,63)(H,51,66)(H,52,64)(H,53,70)(H,54,65)(H,55,68)(H,56,67)(H,57,71)(H,58,69)(H,73,74)/t24-,25-,26-,27-,28-,29-,30-,31-,32-,35-,36-/m0/s1. The van der Waals surface area contributed by atoms with Gasteiger partial charge in [-0.25, -0.2) is 4.79 Å². The van der Waals surface area contributed by atoms with Crippen molar-refractivity contribution in [1.29, 1.82) is 0 Å². The van der Waals surface area contributed by atoms with Crippen molar-refractivity contribution in [2.45, 2.75) is 166 Å². The summed E-state index contributed by atoms with van der Waals surface area (Å²) in [5.41, 5.74) is 22.7. The number of carbonyl (C=O) groups is 12. The van der Waals surface area contributed by atoms with E-state index in [1.165, 1.54) is 4.90 Å². The number of nitrogens with one attached hydrogen (secondary N) is 8. The van der Waals surface area contributed by atoms with Gasteiger partial charge in [0, 0.05) is 18.7 Å². The molecule has 0 aromatic rings. The fourth-order valence-electron chi connectivity index (χ4n) is 7.78. The molecule has 0 unspecified atom stereocenters. The van der Waals surface area contributed by atoms with Crippen LogP contribution in [0, 0.1) is 17.8 Å². The quantitative estimate of drug-likeness (QED) is 0.0208. The first kappa shape index (κ1) is 66.8. The van der Waals surface area contributed by atoms with Gasteiger partial charge in [-0.1, -0.05) is 48.0 Å². The van der Waals surface area contributed by atoms with Crippen molar-refractivity contribution in [3.05, 3.63) is 0 Å². The zero-order chi connectivity index (χ0) is 57.3. The van der Waals surface area contributed by atoms with Crippen molar-refractivity contribution in [2.24, 2.45) is 40.7 Å². The van der Waals surface area contributed by atoms with E-state index in [1.807, 2.05) is 19.2 Å². The molecule has 1 aliphatic rings. The first-order chi connectivity index (χ1) is 35.2. The van der Waals surface area contributed by atoms with Crippen molar-refractivity contribution in [2.75, 3.05) is 32.1 Å². The zero-order valence-electron chi connectivity index (χ0n) is 43.6. The molecule has 19 N–H and O–H groups in total. The van der Waals surface area contributed by atoms with E-state index in [4.69, 9.17) is 28.0 Å². The molecule has 0 saturated carbocycles. The Morgan fingerprint density at radius 2 is 1.12 bits per heavy atom. The maximum Gasteiger partial charge on any atom is 0.328 e. The van der Waals surface area contributed by atoms with Crippen molar-refractivity contribution < 1.29 is 72.9 Å². The number of amides is 11. The number of aliphatic hydroxyl groups is 2. The van der Waals surface area contributed by atoms with Gasteiger partial charge >= 0.3 is 5.97 Å². The summed E-state index contributed by atoms with van der Waals surface area (Å²) in [5.74, 6) is -13.2. The Balaban J connectivity index is 3.40.